The van der Waals surface area contributed by atoms with Gasteiger partial charge in [0.25, 0.3) is 5.56 Å². The Morgan fingerprint density at radius 3 is 2.64 bits per heavy atom. The number of allylic oxidation sites excluding steroid dienone is 2. The summed E-state index contributed by atoms with van der Waals surface area (Å²) in [6.45, 7) is 5.63. The number of nitrogens with zero attached hydrogens (tertiary/aromatic N) is 2. The van der Waals surface area contributed by atoms with Gasteiger partial charge in [-0.3, -0.25) is 9.36 Å². The number of carbonyl (C=O) groups is 1. The first-order valence-corrected chi connectivity index (χ1v) is 8.50. The highest BCUT2D eigenvalue weighted by Gasteiger charge is 2.35. The lowest BCUT2D eigenvalue weighted by molar-refractivity contribution is -0.125. The van der Waals surface area contributed by atoms with E-state index >= 15 is 0 Å². The van der Waals surface area contributed by atoms with E-state index in [2.05, 4.69) is 16.3 Å². The molecular weight excluding hydrogens is 401 g/mol. The van der Waals surface area contributed by atoms with Crippen molar-refractivity contribution in [2.45, 2.75) is 20.0 Å². The molecule has 11 heteroatoms. The van der Waals surface area contributed by atoms with Gasteiger partial charge >= 0.3 is 12.1 Å². The number of hydrogen-bond acceptors (Lipinski definition) is 6. The summed E-state index contributed by atoms with van der Waals surface area (Å²) in [4.78, 5) is 27.4. The van der Waals surface area contributed by atoms with Crippen LogP contribution in [0.25, 0.3) is 5.13 Å². The van der Waals surface area contributed by atoms with Crippen molar-refractivity contribution < 1.29 is 32.5 Å². The molecule has 150 valence electrons. The first-order valence-electron chi connectivity index (χ1n) is 7.68. The number of thiazole rings is 1. The lowest BCUT2D eigenvalue weighted by atomic mass is 10.4. The van der Waals surface area contributed by atoms with Crippen LogP contribution in [0.1, 0.15) is 22.3 Å². The van der Waals surface area contributed by atoms with E-state index < -0.39 is 30.1 Å². The molecule has 0 saturated heterocycles. The second-order valence-electron chi connectivity index (χ2n) is 5.37. The fraction of sp³-hybridized carbons (Fsp3) is 0.235. The highest BCUT2D eigenvalue weighted by atomic mass is 32.1. The molecule has 2 aromatic rings. The van der Waals surface area contributed by atoms with E-state index in [0.717, 1.165) is 28.0 Å². The van der Waals surface area contributed by atoms with Gasteiger partial charge in [0.2, 0.25) is 5.76 Å². The number of rotatable bonds is 7. The topological polar surface area (TPSA) is 90.7 Å². The maximum absolute atomic E-state index is 12.6. The minimum absolute atomic E-state index is 0.0140. The summed E-state index contributed by atoms with van der Waals surface area (Å²) in [5.74, 6) is -2.58. The van der Waals surface area contributed by atoms with E-state index in [4.69, 9.17) is 9.84 Å². The molecule has 2 heterocycles. The Morgan fingerprint density at radius 1 is 1.46 bits per heavy atom. The van der Waals surface area contributed by atoms with Crippen LogP contribution in [0.15, 0.2) is 47.3 Å². The molecule has 1 N–H and O–H groups in total. The van der Waals surface area contributed by atoms with Gasteiger partial charge < -0.3 is 14.6 Å². The largest absolute Gasteiger partial charge is 0.485 e. The maximum atomic E-state index is 12.6. The Balaban J connectivity index is 2.09. The van der Waals surface area contributed by atoms with Gasteiger partial charge in [-0.15, -0.1) is 0 Å². The van der Waals surface area contributed by atoms with E-state index in [1.165, 1.54) is 26.1 Å². The van der Waals surface area contributed by atoms with Gasteiger partial charge in [0.15, 0.2) is 5.13 Å². The Kier molecular flexibility index (Phi) is 6.29. The average Bonchev–Trinajstić information content (AvgIpc) is 2.98. The number of aromatic nitrogens is 2. The van der Waals surface area contributed by atoms with Crippen LogP contribution in [0.2, 0.25) is 0 Å². The summed E-state index contributed by atoms with van der Waals surface area (Å²) >= 11 is 0.835. The maximum Gasteiger partial charge on any atom is 0.449 e. The molecule has 0 aromatic carbocycles. The number of carboxylic acids is 1. The minimum atomic E-state index is -4.65. The Labute approximate surface area is 161 Å². The Hall–Kier alpha value is -3.08. The molecule has 0 aliphatic carbocycles. The normalized spacial score (nSPS) is 12.0. The van der Waals surface area contributed by atoms with Crippen molar-refractivity contribution in [1.82, 2.24) is 9.55 Å². The molecule has 0 aliphatic heterocycles. The van der Waals surface area contributed by atoms with Crippen molar-refractivity contribution in [2.24, 2.45) is 0 Å². The summed E-state index contributed by atoms with van der Waals surface area (Å²) in [5.41, 5.74) is -0.281. The van der Waals surface area contributed by atoms with Gasteiger partial charge in [-0.05, 0) is 26.0 Å². The van der Waals surface area contributed by atoms with E-state index in [0.29, 0.717) is 0 Å². The van der Waals surface area contributed by atoms with Crippen molar-refractivity contribution in [2.75, 3.05) is 6.61 Å². The van der Waals surface area contributed by atoms with Crippen molar-refractivity contribution in [3.05, 3.63) is 63.4 Å². The van der Waals surface area contributed by atoms with E-state index in [9.17, 15) is 22.8 Å². The lowest BCUT2D eigenvalue weighted by Crippen LogP contribution is -2.18. The molecule has 0 amide bonds. The monoisotopic (exact) mass is 416 g/mol. The molecule has 0 atom stereocenters. The molecular formula is C17H15F3N2O5S. The number of pyridine rings is 1. The van der Waals surface area contributed by atoms with Gasteiger partial charge in [-0.25, -0.2) is 9.78 Å². The zero-order valence-electron chi connectivity index (χ0n) is 14.7. The first-order chi connectivity index (χ1) is 13.0. The summed E-state index contributed by atoms with van der Waals surface area (Å²) in [5, 5.41) is 9.23. The Morgan fingerprint density at radius 2 is 2.14 bits per heavy atom. The van der Waals surface area contributed by atoms with Gasteiger partial charge in [-0.2, -0.15) is 13.2 Å². The molecule has 2 rings (SSSR count). The predicted octanol–water partition coefficient (Wildman–Crippen LogP) is 3.68. The average molecular weight is 416 g/mol. The summed E-state index contributed by atoms with van der Waals surface area (Å²) in [6, 6.07) is 2.47. The second-order valence-corrected chi connectivity index (χ2v) is 6.34. The van der Waals surface area contributed by atoms with E-state index in [1.54, 1.807) is 0 Å². The number of aromatic carboxylic acids is 1. The molecule has 28 heavy (non-hydrogen) atoms. The quantitative estimate of drug-likeness (QED) is 0.693. The van der Waals surface area contributed by atoms with Crippen LogP contribution in [-0.2, 0) is 4.74 Å². The number of aryl methyl sites for hydroxylation is 1. The van der Waals surface area contributed by atoms with Crippen LogP contribution < -0.4 is 10.3 Å². The van der Waals surface area contributed by atoms with Crippen molar-refractivity contribution >= 4 is 17.3 Å². The molecule has 0 saturated carbocycles. The molecule has 0 spiro atoms. The Bertz CT molecular complexity index is 991. The standard InChI is InChI=1S/C17H15F3N2O5S/c1-4-12(17(18,19)20)27-9(2)8-26-11-5-6-22(13(23)7-11)16-21-10(3)14(28-16)15(24)25/h4-7H,2,8H2,1,3H3,(H,24,25)/b12-4-. The zero-order chi connectivity index (χ0) is 21.1. The second kappa shape index (κ2) is 8.30. The highest BCUT2D eigenvalue weighted by Crippen LogP contribution is 2.28. The van der Waals surface area contributed by atoms with Gasteiger partial charge in [0.05, 0.1) is 5.69 Å². The predicted molar refractivity (Wildman–Crippen MR) is 94.9 cm³/mol. The number of hydrogen-bond donors (Lipinski definition) is 1. The number of carboxylic acid groups (broad SMARTS) is 1. The molecule has 7 nitrogen and oxygen atoms in total. The third-order valence-corrected chi connectivity index (χ3v) is 4.42. The smallest absolute Gasteiger partial charge is 0.449 e. The van der Waals surface area contributed by atoms with Crippen LogP contribution in [0.4, 0.5) is 13.2 Å². The fourth-order valence-corrected chi connectivity index (χ4v) is 2.92. The number of halogens is 3. The SMILES string of the molecule is C=C(COc1ccn(-c2nc(C)c(C(=O)O)s2)c(=O)c1)O/C(=C\C)C(F)(F)F. The van der Waals surface area contributed by atoms with Gasteiger partial charge in [0, 0.05) is 12.3 Å². The van der Waals surface area contributed by atoms with Crippen LogP contribution in [0, 0.1) is 6.92 Å². The van der Waals surface area contributed by atoms with E-state index in [1.807, 2.05) is 0 Å². The number of ether oxygens (including phenoxy) is 2. The van der Waals surface area contributed by atoms with Gasteiger partial charge in [-0.1, -0.05) is 17.9 Å². The summed E-state index contributed by atoms with van der Waals surface area (Å²) in [6.07, 6.45) is -2.58. The highest BCUT2D eigenvalue weighted by molar-refractivity contribution is 7.16. The van der Waals surface area contributed by atoms with Crippen LogP contribution >= 0.6 is 11.3 Å². The van der Waals surface area contributed by atoms with Crippen molar-refractivity contribution in [3.63, 3.8) is 0 Å². The van der Waals surface area contributed by atoms with Gasteiger partial charge in [0.1, 0.15) is 23.0 Å². The molecule has 0 bridgehead atoms. The zero-order valence-corrected chi connectivity index (χ0v) is 15.6. The van der Waals surface area contributed by atoms with Crippen LogP contribution in [0.3, 0.4) is 0 Å². The van der Waals surface area contributed by atoms with Crippen molar-refractivity contribution in [1.29, 1.82) is 0 Å². The molecule has 0 radical (unpaired) electrons. The lowest BCUT2D eigenvalue weighted by Gasteiger charge is -2.15. The van der Waals surface area contributed by atoms with Crippen LogP contribution in [-0.4, -0.2) is 33.4 Å². The minimum Gasteiger partial charge on any atom is -0.485 e. The fourth-order valence-electron chi connectivity index (χ4n) is 2.02. The third kappa shape index (κ3) is 5.00. The summed E-state index contributed by atoms with van der Waals surface area (Å²) in [7, 11) is 0. The van der Waals surface area contributed by atoms with E-state index in [-0.39, 0.29) is 27.2 Å². The molecule has 2 aromatic heterocycles. The summed E-state index contributed by atoms with van der Waals surface area (Å²) < 4.78 is 48.8. The third-order valence-electron chi connectivity index (χ3n) is 3.27. The van der Waals surface area contributed by atoms with Crippen molar-refractivity contribution in [3.8, 4) is 10.9 Å². The first kappa shape index (κ1) is 21.2. The molecule has 0 aliphatic rings. The molecule has 0 fully saturated rings. The molecule has 0 unspecified atom stereocenters. The number of alkyl halides is 3. The van der Waals surface area contributed by atoms with Crippen LogP contribution in [0.5, 0.6) is 5.75 Å².